The van der Waals surface area contributed by atoms with E-state index in [2.05, 4.69) is 78.1 Å². The normalized spacial score (nSPS) is 19.4. The minimum absolute atomic E-state index is 0.106. The van der Waals surface area contributed by atoms with Crippen molar-refractivity contribution in [2.75, 3.05) is 13.3 Å². The van der Waals surface area contributed by atoms with E-state index >= 15 is 4.79 Å². The van der Waals surface area contributed by atoms with Crippen molar-refractivity contribution >= 4 is 64.1 Å². The molecule has 0 saturated carbocycles. The minimum atomic E-state index is -2.95. The van der Waals surface area contributed by atoms with E-state index < -0.39 is 42.4 Å². The molecule has 0 aliphatic carbocycles. The van der Waals surface area contributed by atoms with Gasteiger partial charge in [-0.2, -0.15) is 0 Å². The fourth-order valence-electron chi connectivity index (χ4n) is 7.97. The van der Waals surface area contributed by atoms with E-state index in [9.17, 15) is 9.59 Å². The molecular formula is C46H41N2O5PS2. The Hall–Kier alpha value is -5.31. The van der Waals surface area contributed by atoms with Gasteiger partial charge < -0.3 is 0 Å². The number of benzene rings is 5. The summed E-state index contributed by atoms with van der Waals surface area (Å²) < 4.78 is 12.5. The van der Waals surface area contributed by atoms with Gasteiger partial charge in [-0.1, -0.05) is 0 Å². The van der Waals surface area contributed by atoms with Crippen molar-refractivity contribution in [2.24, 2.45) is 0 Å². The molecule has 0 bridgehead atoms. The Bertz CT molecular complexity index is 2180. The molecule has 1 N–H and O–H groups in total. The number of thiophene rings is 1. The Morgan fingerprint density at radius 3 is 1.70 bits per heavy atom. The molecule has 0 spiro atoms. The Labute approximate surface area is 335 Å². The molecule has 56 heavy (non-hydrogen) atoms. The molecule has 2 amide bonds. The number of esters is 1. The van der Waals surface area contributed by atoms with Crippen LogP contribution in [-0.4, -0.2) is 53.1 Å². The fraction of sp³-hybridized carbons (Fsp3) is 0.152. The zero-order valence-electron chi connectivity index (χ0n) is 30.7. The van der Waals surface area contributed by atoms with Crippen molar-refractivity contribution in [3.63, 3.8) is 0 Å². The van der Waals surface area contributed by atoms with Gasteiger partial charge in [0.25, 0.3) is 0 Å². The summed E-state index contributed by atoms with van der Waals surface area (Å²) in [6.45, 7) is 0. The molecule has 1 fully saturated rings. The number of thioether (sulfide) groups is 1. The summed E-state index contributed by atoms with van der Waals surface area (Å²) in [4.78, 5) is 45.7. The van der Waals surface area contributed by atoms with E-state index in [4.69, 9.17) is 9.47 Å². The number of nitrogens with zero attached hydrogens (tertiary/aromatic N) is 1. The van der Waals surface area contributed by atoms with Crippen LogP contribution >= 0.6 is 30.4 Å². The van der Waals surface area contributed by atoms with Crippen molar-refractivity contribution in [1.29, 1.82) is 0 Å². The van der Waals surface area contributed by atoms with Crippen LogP contribution in [0, 0.1) is 0 Å². The van der Waals surface area contributed by atoms with Crippen molar-refractivity contribution in [3.05, 3.63) is 196 Å². The number of rotatable bonds is 13. The first kappa shape index (κ1) is 37.6. The van der Waals surface area contributed by atoms with E-state index in [1.807, 2.05) is 102 Å². The quantitative estimate of drug-likeness (QED) is 0.0589. The number of hydrogen-bond donors (Lipinski definition) is 1. The molecule has 3 atom stereocenters. The van der Waals surface area contributed by atoms with Crippen LogP contribution in [0.25, 0.3) is 0 Å². The number of methoxy groups -OCH3 is 1. The van der Waals surface area contributed by atoms with Crippen LogP contribution < -0.4 is 21.2 Å². The molecule has 2 aliphatic rings. The summed E-state index contributed by atoms with van der Waals surface area (Å²) in [6.07, 6.45) is -0.136. The van der Waals surface area contributed by atoms with Crippen molar-refractivity contribution < 1.29 is 23.9 Å². The Morgan fingerprint density at radius 2 is 1.23 bits per heavy atom. The number of nitrogens with one attached hydrogen (secondary N) is 1. The molecule has 5 aromatic carbocycles. The molecule has 2 aliphatic heterocycles. The number of β-lactam (4-membered cyclic amide) rings is 1. The van der Waals surface area contributed by atoms with Crippen LogP contribution in [0.4, 0.5) is 0 Å². The van der Waals surface area contributed by atoms with Crippen LogP contribution in [0.15, 0.2) is 180 Å². The van der Waals surface area contributed by atoms with Crippen LogP contribution in [0.5, 0.6) is 0 Å². The van der Waals surface area contributed by atoms with Gasteiger partial charge in [0, 0.05) is 0 Å². The first-order valence-corrected chi connectivity index (χ1v) is 22.5. The van der Waals surface area contributed by atoms with Crippen LogP contribution in [-0.2, 0) is 30.3 Å². The number of ether oxygens (including phenoxy) is 2. The van der Waals surface area contributed by atoms with Crippen molar-refractivity contribution in [3.8, 4) is 0 Å². The number of carbonyl (C=O) groups is 3. The predicted octanol–water partition coefficient (Wildman–Crippen LogP) is 6.98. The summed E-state index contributed by atoms with van der Waals surface area (Å²) in [7, 11) is -1.53. The van der Waals surface area contributed by atoms with E-state index in [0.29, 0.717) is 6.16 Å². The zero-order valence-corrected chi connectivity index (χ0v) is 33.3. The van der Waals surface area contributed by atoms with Crippen LogP contribution in [0.1, 0.15) is 22.1 Å². The average molecular weight is 797 g/mol. The second-order valence-corrected chi connectivity index (χ2v) is 19.7. The Kier molecular flexibility index (Phi) is 11.0. The number of hydrogen-bond acceptors (Lipinski definition) is 7. The standard InChI is InChI=1S/C46H41N2O5PS2/c1-52-46(47-40(49)30-39-28-17-29-55-39)44(51)48-41(43(50)53-42(33-18-7-2-8-19-33)34-20-9-3-10-21-34)35(32-56-45(46)48)31-54(36-22-11-4-12-23-36,37-24-13-5-14-25-37)38-26-15-6-16-27-38/h2-29,32,41-42,45,54H,30-31H2,1H3,(H,47,49)/t41?,45-,46+/m1/s1. The molecule has 1 unspecified atom stereocenters. The SMILES string of the molecule is CO[C@@]1(NC(=O)Cc2cccs2)C(=O)N2C(C(=O)OC(c3ccccc3)c3ccccc3)C(C[PH](c3ccccc3)(c3ccccc3)c3ccccc3)=CS[C@@H]21. The van der Waals surface area contributed by atoms with Crippen molar-refractivity contribution in [1.82, 2.24) is 10.2 Å². The zero-order chi connectivity index (χ0) is 38.5. The molecule has 1 aromatic heterocycles. The molecule has 8 rings (SSSR count). The van der Waals surface area contributed by atoms with Crippen LogP contribution in [0.3, 0.4) is 0 Å². The van der Waals surface area contributed by atoms with Gasteiger partial charge in [-0.15, -0.1) is 0 Å². The maximum absolute atomic E-state index is 15.2. The van der Waals surface area contributed by atoms with E-state index in [1.165, 1.54) is 46.1 Å². The van der Waals surface area contributed by atoms with Gasteiger partial charge in [0.05, 0.1) is 0 Å². The fourth-order valence-corrected chi connectivity index (χ4v) is 14.9. The third-order valence-corrected chi connectivity index (χ3v) is 17.7. The third-order valence-electron chi connectivity index (χ3n) is 10.6. The summed E-state index contributed by atoms with van der Waals surface area (Å²) >= 11 is 2.86. The summed E-state index contributed by atoms with van der Waals surface area (Å²) in [5.74, 6) is -1.39. The Morgan fingerprint density at radius 1 is 0.732 bits per heavy atom. The molecule has 0 radical (unpaired) electrons. The number of carbonyl (C=O) groups excluding carboxylic acids is 3. The second kappa shape index (κ2) is 16.4. The van der Waals surface area contributed by atoms with Crippen molar-refractivity contribution in [2.45, 2.75) is 29.7 Å². The molecule has 282 valence electrons. The van der Waals surface area contributed by atoms with E-state index in [0.717, 1.165) is 21.6 Å². The molecular weight excluding hydrogens is 756 g/mol. The van der Waals surface area contributed by atoms with Gasteiger partial charge in [0.2, 0.25) is 0 Å². The second-order valence-electron chi connectivity index (χ2n) is 13.9. The van der Waals surface area contributed by atoms with E-state index in [-0.39, 0.29) is 12.3 Å². The maximum atomic E-state index is 15.2. The van der Waals surface area contributed by atoms with Crippen LogP contribution in [0.2, 0.25) is 0 Å². The van der Waals surface area contributed by atoms with Gasteiger partial charge in [0.15, 0.2) is 0 Å². The topological polar surface area (TPSA) is 84.9 Å². The van der Waals surface area contributed by atoms with Gasteiger partial charge in [0.1, 0.15) is 0 Å². The predicted molar refractivity (Wildman–Crippen MR) is 228 cm³/mol. The first-order valence-electron chi connectivity index (χ1n) is 18.5. The number of amides is 2. The average Bonchev–Trinajstić information content (AvgIpc) is 3.78. The summed E-state index contributed by atoms with van der Waals surface area (Å²) in [6, 6.07) is 53.4. The summed E-state index contributed by atoms with van der Waals surface area (Å²) in [5.41, 5.74) is 0.720. The van der Waals surface area contributed by atoms with Gasteiger partial charge in [-0.05, 0) is 0 Å². The third kappa shape index (κ3) is 7.01. The number of fused-ring (bicyclic) bond motifs is 1. The van der Waals surface area contributed by atoms with E-state index in [1.54, 1.807) is 4.90 Å². The molecule has 1 saturated heterocycles. The molecule has 3 heterocycles. The van der Waals surface area contributed by atoms with Gasteiger partial charge in [-0.3, -0.25) is 0 Å². The first-order chi connectivity index (χ1) is 27.4. The van der Waals surface area contributed by atoms with Gasteiger partial charge >= 0.3 is 337 Å². The molecule has 7 nitrogen and oxygen atoms in total. The summed E-state index contributed by atoms with van der Waals surface area (Å²) in [5, 5.41) is 9.63. The monoisotopic (exact) mass is 796 g/mol. The van der Waals surface area contributed by atoms with Gasteiger partial charge in [-0.25, -0.2) is 0 Å². The molecule has 10 heteroatoms. The Balaban J connectivity index is 1.24. The molecule has 6 aromatic rings.